The smallest absolute Gasteiger partial charge is 0.188 e. The van der Waals surface area contributed by atoms with Crippen LogP contribution in [0.1, 0.15) is 31.9 Å². The van der Waals surface area contributed by atoms with E-state index in [0.717, 1.165) is 13.0 Å². The van der Waals surface area contributed by atoms with Crippen LogP contribution in [0, 0.1) is 0 Å². The zero-order valence-corrected chi connectivity index (χ0v) is 11.2. The number of nitrogens with zero attached hydrogens (tertiary/aromatic N) is 1. The van der Waals surface area contributed by atoms with E-state index >= 15 is 0 Å². The van der Waals surface area contributed by atoms with Crippen LogP contribution in [-0.4, -0.2) is 25.7 Å². The lowest BCUT2D eigenvalue weighted by molar-refractivity contribution is 0.0652. The molecule has 0 aliphatic rings. The molecule has 0 amide bonds. The van der Waals surface area contributed by atoms with Crippen molar-refractivity contribution in [2.75, 3.05) is 19.7 Å². The van der Waals surface area contributed by atoms with Gasteiger partial charge in [0.25, 0.3) is 0 Å². The van der Waals surface area contributed by atoms with Gasteiger partial charge in [-0.25, -0.2) is 0 Å². The molecule has 0 bridgehead atoms. The van der Waals surface area contributed by atoms with Crippen molar-refractivity contribution < 1.29 is 4.74 Å². The average molecular weight is 249 g/mol. The van der Waals surface area contributed by atoms with Crippen molar-refractivity contribution in [3.8, 4) is 0 Å². The van der Waals surface area contributed by atoms with E-state index in [9.17, 15) is 0 Å². The Hall–Kier alpha value is -1.55. The van der Waals surface area contributed by atoms with Crippen LogP contribution in [0.2, 0.25) is 0 Å². The Bertz CT molecular complexity index is 351. The largest absolute Gasteiger partial charge is 0.374 e. The Labute approximate surface area is 109 Å². The van der Waals surface area contributed by atoms with Gasteiger partial charge in [0, 0.05) is 19.7 Å². The number of rotatable bonds is 7. The zero-order chi connectivity index (χ0) is 13.2. The summed E-state index contributed by atoms with van der Waals surface area (Å²) in [6, 6.07) is 10.2. The average Bonchev–Trinajstić information content (AvgIpc) is 2.39. The molecule has 1 aromatic rings. The molecule has 0 heterocycles. The quantitative estimate of drug-likeness (QED) is 0.442. The molecule has 1 aromatic carbocycles. The van der Waals surface area contributed by atoms with Crippen molar-refractivity contribution in [1.29, 1.82) is 0 Å². The van der Waals surface area contributed by atoms with Gasteiger partial charge in [0.1, 0.15) is 0 Å². The molecule has 0 saturated heterocycles. The molecule has 1 atom stereocenters. The summed E-state index contributed by atoms with van der Waals surface area (Å²) in [6.07, 6.45) is 1.00. The number of hydrogen-bond donors (Lipinski definition) is 2. The Morgan fingerprint density at radius 2 is 2.11 bits per heavy atom. The zero-order valence-electron chi connectivity index (χ0n) is 11.2. The monoisotopic (exact) mass is 249 g/mol. The van der Waals surface area contributed by atoms with Gasteiger partial charge in [-0.05, 0) is 25.8 Å². The Kier molecular flexibility index (Phi) is 6.87. The van der Waals surface area contributed by atoms with Gasteiger partial charge in [-0.2, -0.15) is 0 Å². The van der Waals surface area contributed by atoms with E-state index in [1.165, 1.54) is 5.56 Å². The van der Waals surface area contributed by atoms with Gasteiger partial charge in [0.05, 0.1) is 6.10 Å². The molecule has 1 unspecified atom stereocenters. The van der Waals surface area contributed by atoms with E-state index < -0.39 is 0 Å². The van der Waals surface area contributed by atoms with Crippen LogP contribution in [0.25, 0.3) is 0 Å². The maximum Gasteiger partial charge on any atom is 0.188 e. The van der Waals surface area contributed by atoms with Gasteiger partial charge in [-0.15, -0.1) is 0 Å². The van der Waals surface area contributed by atoms with Gasteiger partial charge in [-0.1, -0.05) is 30.3 Å². The van der Waals surface area contributed by atoms with E-state index in [4.69, 9.17) is 10.5 Å². The van der Waals surface area contributed by atoms with Crippen molar-refractivity contribution >= 4 is 5.96 Å². The maximum absolute atomic E-state index is 5.74. The van der Waals surface area contributed by atoms with E-state index in [2.05, 4.69) is 29.4 Å². The summed E-state index contributed by atoms with van der Waals surface area (Å²) in [5.41, 5.74) is 6.82. The van der Waals surface area contributed by atoms with E-state index in [1.54, 1.807) is 0 Å². The molecular weight excluding hydrogens is 226 g/mol. The van der Waals surface area contributed by atoms with Crippen LogP contribution < -0.4 is 11.1 Å². The Morgan fingerprint density at radius 3 is 2.78 bits per heavy atom. The molecule has 0 saturated carbocycles. The molecule has 0 spiro atoms. The van der Waals surface area contributed by atoms with Crippen LogP contribution in [-0.2, 0) is 4.74 Å². The first-order valence-corrected chi connectivity index (χ1v) is 6.44. The summed E-state index contributed by atoms with van der Waals surface area (Å²) in [4.78, 5) is 4.19. The normalized spacial score (nSPS) is 13.3. The number of hydrogen-bond acceptors (Lipinski definition) is 2. The van der Waals surface area contributed by atoms with Crippen LogP contribution in [0.4, 0.5) is 0 Å². The van der Waals surface area contributed by atoms with Gasteiger partial charge in [0.2, 0.25) is 0 Å². The highest BCUT2D eigenvalue weighted by Crippen LogP contribution is 2.15. The van der Waals surface area contributed by atoms with E-state index in [-0.39, 0.29) is 6.10 Å². The van der Waals surface area contributed by atoms with Crippen molar-refractivity contribution in [1.82, 2.24) is 5.32 Å². The standard InChI is InChI=1S/C14H23N3O/c1-3-16-14(15)17-10-7-11-18-12(2)13-8-5-4-6-9-13/h4-6,8-9,12H,3,7,10-11H2,1-2H3,(H3,15,16,17). The summed E-state index contributed by atoms with van der Waals surface area (Å²) in [5.74, 6) is 0.508. The third kappa shape index (κ3) is 5.68. The number of nitrogens with one attached hydrogen (secondary N) is 1. The maximum atomic E-state index is 5.74. The van der Waals surface area contributed by atoms with Crippen LogP contribution >= 0.6 is 0 Å². The lowest BCUT2D eigenvalue weighted by Crippen LogP contribution is -2.31. The minimum atomic E-state index is 0.126. The lowest BCUT2D eigenvalue weighted by atomic mass is 10.1. The second-order valence-corrected chi connectivity index (χ2v) is 4.07. The van der Waals surface area contributed by atoms with Crippen molar-refractivity contribution in [3.05, 3.63) is 35.9 Å². The first kappa shape index (κ1) is 14.5. The first-order chi connectivity index (χ1) is 8.74. The fraction of sp³-hybridized carbons (Fsp3) is 0.500. The van der Waals surface area contributed by atoms with Gasteiger partial charge in [-0.3, -0.25) is 4.99 Å². The summed E-state index contributed by atoms with van der Waals surface area (Å²) < 4.78 is 5.74. The summed E-state index contributed by atoms with van der Waals surface area (Å²) in [6.45, 7) is 6.24. The van der Waals surface area contributed by atoms with Crippen molar-refractivity contribution in [2.45, 2.75) is 26.4 Å². The third-order valence-electron chi connectivity index (χ3n) is 2.58. The molecule has 4 heteroatoms. The number of ether oxygens (including phenoxy) is 1. The highest BCUT2D eigenvalue weighted by molar-refractivity contribution is 5.77. The molecule has 1 rings (SSSR count). The Morgan fingerprint density at radius 1 is 1.39 bits per heavy atom. The van der Waals surface area contributed by atoms with Crippen LogP contribution in [0.5, 0.6) is 0 Å². The molecule has 0 aliphatic heterocycles. The highest BCUT2D eigenvalue weighted by Gasteiger charge is 2.03. The van der Waals surface area contributed by atoms with Gasteiger partial charge >= 0.3 is 0 Å². The number of benzene rings is 1. The fourth-order valence-electron chi connectivity index (χ4n) is 1.58. The second kappa shape index (κ2) is 8.53. The molecule has 0 aliphatic carbocycles. The van der Waals surface area contributed by atoms with Crippen molar-refractivity contribution in [2.24, 2.45) is 10.7 Å². The number of aliphatic imine (C=N–C) groups is 1. The highest BCUT2D eigenvalue weighted by atomic mass is 16.5. The third-order valence-corrected chi connectivity index (χ3v) is 2.58. The summed E-state index contributed by atoms with van der Waals surface area (Å²) >= 11 is 0. The predicted octanol–water partition coefficient (Wildman–Crippen LogP) is 2.08. The predicted molar refractivity (Wildman–Crippen MR) is 75.6 cm³/mol. The SMILES string of the molecule is CCNC(N)=NCCCOC(C)c1ccccc1. The second-order valence-electron chi connectivity index (χ2n) is 4.07. The van der Waals surface area contributed by atoms with Gasteiger partial charge < -0.3 is 15.8 Å². The topological polar surface area (TPSA) is 59.6 Å². The minimum Gasteiger partial charge on any atom is -0.374 e. The van der Waals surface area contributed by atoms with Crippen molar-refractivity contribution in [3.63, 3.8) is 0 Å². The number of guanidine groups is 1. The molecule has 3 N–H and O–H groups in total. The fourth-order valence-corrected chi connectivity index (χ4v) is 1.58. The first-order valence-electron chi connectivity index (χ1n) is 6.44. The molecule has 4 nitrogen and oxygen atoms in total. The summed E-state index contributed by atoms with van der Waals surface area (Å²) in [7, 11) is 0. The van der Waals surface area contributed by atoms with Gasteiger partial charge in [0.15, 0.2) is 5.96 Å². The molecule has 0 aromatic heterocycles. The molecule has 0 fully saturated rings. The summed E-state index contributed by atoms with van der Waals surface area (Å²) in [5, 5.41) is 2.96. The molecular formula is C14H23N3O. The molecule has 100 valence electrons. The minimum absolute atomic E-state index is 0.126. The van der Waals surface area contributed by atoms with E-state index in [1.807, 2.05) is 25.1 Å². The lowest BCUT2D eigenvalue weighted by Gasteiger charge is -2.12. The number of nitrogens with two attached hydrogens (primary N) is 1. The Balaban J connectivity index is 2.17. The van der Waals surface area contributed by atoms with Crippen LogP contribution in [0.3, 0.4) is 0 Å². The molecule has 18 heavy (non-hydrogen) atoms. The van der Waals surface area contributed by atoms with E-state index in [0.29, 0.717) is 19.1 Å². The molecule has 0 radical (unpaired) electrons. The van der Waals surface area contributed by atoms with Crippen LogP contribution in [0.15, 0.2) is 35.3 Å².